The highest BCUT2D eigenvalue weighted by atomic mass is 16.5. The van der Waals surface area contributed by atoms with Crippen molar-refractivity contribution in [2.24, 2.45) is 0 Å². The van der Waals surface area contributed by atoms with Gasteiger partial charge in [-0.3, -0.25) is 4.79 Å². The number of benzene rings is 2. The van der Waals surface area contributed by atoms with E-state index in [-0.39, 0.29) is 5.91 Å². The molecule has 0 unspecified atom stereocenters. The minimum Gasteiger partial charge on any atom is -0.497 e. The van der Waals surface area contributed by atoms with E-state index in [1.165, 1.54) is 0 Å². The molecule has 6 nitrogen and oxygen atoms in total. The fourth-order valence-corrected chi connectivity index (χ4v) is 2.32. The Hall–Kier alpha value is -2.89. The zero-order valence-electron chi connectivity index (χ0n) is 15.4. The SMILES string of the molecule is CC[C@H](Oc1ccccc1OC)C(=O)NCCOc1ccc(OC)cc1. The first-order chi connectivity index (χ1) is 12.7. The topological polar surface area (TPSA) is 66.0 Å². The van der Waals surface area contributed by atoms with Crippen LogP contribution in [0.5, 0.6) is 23.0 Å². The predicted molar refractivity (Wildman–Crippen MR) is 99.2 cm³/mol. The second-order valence-electron chi connectivity index (χ2n) is 5.48. The van der Waals surface area contributed by atoms with Gasteiger partial charge < -0.3 is 24.3 Å². The van der Waals surface area contributed by atoms with E-state index in [0.717, 1.165) is 11.5 Å². The van der Waals surface area contributed by atoms with Crippen molar-refractivity contribution < 1.29 is 23.7 Å². The summed E-state index contributed by atoms with van der Waals surface area (Å²) in [5.74, 6) is 2.45. The molecule has 0 heterocycles. The smallest absolute Gasteiger partial charge is 0.261 e. The molecule has 0 radical (unpaired) electrons. The van der Waals surface area contributed by atoms with Crippen LogP contribution in [0.25, 0.3) is 0 Å². The molecule has 1 amide bonds. The van der Waals surface area contributed by atoms with E-state index >= 15 is 0 Å². The number of ether oxygens (including phenoxy) is 4. The van der Waals surface area contributed by atoms with E-state index in [9.17, 15) is 4.79 Å². The van der Waals surface area contributed by atoms with Gasteiger partial charge in [0.15, 0.2) is 17.6 Å². The Bertz CT molecular complexity index is 687. The van der Waals surface area contributed by atoms with Gasteiger partial charge in [-0.05, 0) is 42.8 Å². The monoisotopic (exact) mass is 359 g/mol. The fraction of sp³-hybridized carbons (Fsp3) is 0.350. The molecule has 0 aliphatic rings. The van der Waals surface area contributed by atoms with Crippen molar-refractivity contribution in [2.45, 2.75) is 19.4 Å². The van der Waals surface area contributed by atoms with E-state index in [1.807, 2.05) is 43.3 Å². The van der Waals surface area contributed by atoms with E-state index in [4.69, 9.17) is 18.9 Å². The number of methoxy groups -OCH3 is 2. The highest BCUT2D eigenvalue weighted by molar-refractivity contribution is 5.81. The molecule has 2 rings (SSSR count). The summed E-state index contributed by atoms with van der Waals surface area (Å²) in [7, 11) is 3.18. The number of para-hydroxylation sites is 2. The molecule has 2 aromatic rings. The maximum atomic E-state index is 12.3. The van der Waals surface area contributed by atoms with Gasteiger partial charge in [0.05, 0.1) is 20.8 Å². The second-order valence-corrected chi connectivity index (χ2v) is 5.48. The van der Waals surface area contributed by atoms with Crippen molar-refractivity contribution in [3.63, 3.8) is 0 Å². The molecule has 1 N–H and O–H groups in total. The minimum absolute atomic E-state index is 0.184. The quantitative estimate of drug-likeness (QED) is 0.661. The first-order valence-corrected chi connectivity index (χ1v) is 8.52. The van der Waals surface area contributed by atoms with Crippen LogP contribution < -0.4 is 24.3 Å². The first kappa shape index (κ1) is 19.4. The summed E-state index contributed by atoms with van der Waals surface area (Å²) in [5.41, 5.74) is 0. The predicted octanol–water partition coefficient (Wildman–Crippen LogP) is 3.06. The van der Waals surface area contributed by atoms with Crippen LogP contribution in [0.1, 0.15) is 13.3 Å². The van der Waals surface area contributed by atoms with Crippen LogP contribution in [0.3, 0.4) is 0 Å². The molecule has 0 aromatic heterocycles. The minimum atomic E-state index is -0.590. The van der Waals surface area contributed by atoms with Gasteiger partial charge in [0.1, 0.15) is 18.1 Å². The Kier molecular flexibility index (Phi) is 7.61. The summed E-state index contributed by atoms with van der Waals surface area (Å²) in [6, 6.07) is 14.5. The Balaban J connectivity index is 1.79. The molecule has 0 saturated heterocycles. The highest BCUT2D eigenvalue weighted by Crippen LogP contribution is 2.27. The largest absolute Gasteiger partial charge is 0.497 e. The molecule has 1 atom stereocenters. The van der Waals surface area contributed by atoms with Crippen LogP contribution in [0.15, 0.2) is 48.5 Å². The van der Waals surface area contributed by atoms with Crippen molar-refractivity contribution in [2.75, 3.05) is 27.4 Å². The summed E-state index contributed by atoms with van der Waals surface area (Å²) >= 11 is 0. The standard InChI is InChI=1S/C20H25NO5/c1-4-17(26-19-8-6-5-7-18(19)24-3)20(22)21-13-14-25-16-11-9-15(23-2)10-12-16/h5-12,17H,4,13-14H2,1-3H3,(H,21,22)/t17-/m0/s1. The van der Waals surface area contributed by atoms with Crippen molar-refractivity contribution in [1.29, 1.82) is 0 Å². The van der Waals surface area contributed by atoms with Crippen LogP contribution >= 0.6 is 0 Å². The number of carbonyl (C=O) groups excluding carboxylic acids is 1. The van der Waals surface area contributed by atoms with Crippen molar-refractivity contribution in [3.8, 4) is 23.0 Å². The summed E-state index contributed by atoms with van der Waals surface area (Å²) in [6.07, 6.45) is -0.0456. The van der Waals surface area contributed by atoms with Gasteiger partial charge in [0.2, 0.25) is 0 Å². The van der Waals surface area contributed by atoms with Crippen LogP contribution in [-0.4, -0.2) is 39.4 Å². The summed E-state index contributed by atoms with van der Waals surface area (Å²) < 4.78 is 21.7. The van der Waals surface area contributed by atoms with Gasteiger partial charge in [-0.1, -0.05) is 19.1 Å². The molecule has 140 valence electrons. The number of carbonyl (C=O) groups is 1. The van der Waals surface area contributed by atoms with Gasteiger partial charge >= 0.3 is 0 Å². The van der Waals surface area contributed by atoms with Crippen LogP contribution in [-0.2, 0) is 4.79 Å². The molecule has 0 saturated carbocycles. The van der Waals surface area contributed by atoms with Crippen LogP contribution in [0.2, 0.25) is 0 Å². The maximum absolute atomic E-state index is 12.3. The molecule has 6 heteroatoms. The molecule has 0 spiro atoms. The lowest BCUT2D eigenvalue weighted by atomic mass is 10.2. The number of hydrogen-bond donors (Lipinski definition) is 1. The molecule has 0 aliphatic carbocycles. The lowest BCUT2D eigenvalue weighted by Gasteiger charge is -2.19. The van der Waals surface area contributed by atoms with Crippen molar-refractivity contribution >= 4 is 5.91 Å². The summed E-state index contributed by atoms with van der Waals surface area (Å²) in [5, 5.41) is 2.83. The van der Waals surface area contributed by atoms with Crippen molar-refractivity contribution in [3.05, 3.63) is 48.5 Å². The number of hydrogen-bond acceptors (Lipinski definition) is 5. The highest BCUT2D eigenvalue weighted by Gasteiger charge is 2.19. The number of nitrogens with one attached hydrogen (secondary N) is 1. The summed E-state index contributed by atoms with van der Waals surface area (Å²) in [6.45, 7) is 2.65. The third-order valence-corrected chi connectivity index (χ3v) is 3.73. The lowest BCUT2D eigenvalue weighted by Crippen LogP contribution is -2.39. The molecule has 0 aliphatic heterocycles. The zero-order valence-corrected chi connectivity index (χ0v) is 15.4. The molecular weight excluding hydrogens is 334 g/mol. The van der Waals surface area contributed by atoms with E-state index in [1.54, 1.807) is 26.4 Å². The van der Waals surface area contributed by atoms with E-state index < -0.39 is 6.10 Å². The van der Waals surface area contributed by atoms with Crippen molar-refractivity contribution in [1.82, 2.24) is 5.32 Å². The normalized spacial score (nSPS) is 11.3. The molecule has 2 aromatic carbocycles. The van der Waals surface area contributed by atoms with E-state index in [0.29, 0.717) is 31.1 Å². The molecular formula is C20H25NO5. The number of rotatable bonds is 10. The van der Waals surface area contributed by atoms with Gasteiger partial charge in [-0.2, -0.15) is 0 Å². The molecule has 0 bridgehead atoms. The zero-order chi connectivity index (χ0) is 18.8. The Morgan fingerprint density at radius 1 is 0.962 bits per heavy atom. The lowest BCUT2D eigenvalue weighted by molar-refractivity contribution is -0.128. The maximum Gasteiger partial charge on any atom is 0.261 e. The van der Waals surface area contributed by atoms with Gasteiger partial charge in [-0.15, -0.1) is 0 Å². The Labute approximate surface area is 154 Å². The van der Waals surface area contributed by atoms with Gasteiger partial charge in [0.25, 0.3) is 5.91 Å². The van der Waals surface area contributed by atoms with Gasteiger partial charge in [0, 0.05) is 0 Å². The average molecular weight is 359 g/mol. The fourth-order valence-electron chi connectivity index (χ4n) is 2.32. The van der Waals surface area contributed by atoms with Gasteiger partial charge in [-0.25, -0.2) is 0 Å². The second kappa shape index (κ2) is 10.2. The third kappa shape index (κ3) is 5.58. The van der Waals surface area contributed by atoms with Crippen LogP contribution in [0.4, 0.5) is 0 Å². The summed E-state index contributed by atoms with van der Waals surface area (Å²) in [4.78, 5) is 12.3. The number of amides is 1. The molecule has 26 heavy (non-hydrogen) atoms. The molecule has 0 fully saturated rings. The third-order valence-electron chi connectivity index (χ3n) is 3.73. The Morgan fingerprint density at radius 2 is 1.62 bits per heavy atom. The van der Waals surface area contributed by atoms with E-state index in [2.05, 4.69) is 5.32 Å². The Morgan fingerprint density at radius 3 is 2.23 bits per heavy atom. The van der Waals surface area contributed by atoms with Crippen LogP contribution in [0, 0.1) is 0 Å². The average Bonchev–Trinajstić information content (AvgIpc) is 2.69. The first-order valence-electron chi connectivity index (χ1n) is 8.52.